The molecule has 1 saturated heterocycles. The molecule has 0 bridgehead atoms. The SMILES string of the molecule is O=C(NC[C@@H]1CCCN1Cc1ccccc1)c1cc(C2CC2)on1. The maximum Gasteiger partial charge on any atom is 0.273 e. The van der Waals surface area contributed by atoms with E-state index >= 15 is 0 Å². The molecule has 1 atom stereocenters. The van der Waals surface area contributed by atoms with Gasteiger partial charge in [0, 0.05) is 31.1 Å². The summed E-state index contributed by atoms with van der Waals surface area (Å²) in [5.74, 6) is 1.21. The van der Waals surface area contributed by atoms with Crippen molar-refractivity contribution in [3.8, 4) is 0 Å². The van der Waals surface area contributed by atoms with Crippen LogP contribution in [-0.4, -0.2) is 35.1 Å². The van der Waals surface area contributed by atoms with E-state index in [0.717, 1.165) is 38.1 Å². The molecule has 5 nitrogen and oxygen atoms in total. The van der Waals surface area contributed by atoms with Gasteiger partial charge in [-0.1, -0.05) is 35.5 Å². The first kappa shape index (κ1) is 15.4. The lowest BCUT2D eigenvalue weighted by Gasteiger charge is -2.24. The molecule has 1 aromatic carbocycles. The van der Waals surface area contributed by atoms with E-state index in [2.05, 4.69) is 39.6 Å². The molecule has 0 radical (unpaired) electrons. The molecule has 126 valence electrons. The molecule has 1 N–H and O–H groups in total. The van der Waals surface area contributed by atoms with E-state index in [1.807, 2.05) is 6.07 Å². The van der Waals surface area contributed by atoms with Gasteiger partial charge in [0.05, 0.1) is 0 Å². The molecule has 1 aliphatic carbocycles. The average molecular weight is 325 g/mol. The molecule has 2 aliphatic rings. The minimum absolute atomic E-state index is 0.128. The van der Waals surface area contributed by atoms with Crippen molar-refractivity contribution in [3.63, 3.8) is 0 Å². The summed E-state index contributed by atoms with van der Waals surface area (Å²) in [5, 5.41) is 6.93. The van der Waals surface area contributed by atoms with Crippen LogP contribution in [0.5, 0.6) is 0 Å². The van der Waals surface area contributed by atoms with Crippen molar-refractivity contribution in [1.82, 2.24) is 15.4 Å². The van der Waals surface area contributed by atoms with Crippen molar-refractivity contribution >= 4 is 5.91 Å². The van der Waals surface area contributed by atoms with Crippen LogP contribution in [0.2, 0.25) is 0 Å². The van der Waals surface area contributed by atoms with Crippen molar-refractivity contribution in [2.24, 2.45) is 0 Å². The average Bonchev–Trinajstić information content (AvgIpc) is 3.17. The number of nitrogens with one attached hydrogen (secondary N) is 1. The Morgan fingerprint density at radius 1 is 1.25 bits per heavy atom. The number of likely N-dealkylation sites (tertiary alicyclic amines) is 1. The van der Waals surface area contributed by atoms with Crippen LogP contribution < -0.4 is 5.32 Å². The molecule has 1 aliphatic heterocycles. The summed E-state index contributed by atoms with van der Waals surface area (Å²) in [7, 11) is 0. The molecule has 1 aromatic heterocycles. The van der Waals surface area contributed by atoms with E-state index < -0.39 is 0 Å². The van der Waals surface area contributed by atoms with Crippen LogP contribution in [0.3, 0.4) is 0 Å². The highest BCUT2D eigenvalue weighted by Gasteiger charge is 2.29. The van der Waals surface area contributed by atoms with Crippen LogP contribution >= 0.6 is 0 Å². The Balaban J connectivity index is 1.31. The molecular weight excluding hydrogens is 302 g/mol. The molecule has 1 saturated carbocycles. The Bertz CT molecular complexity index is 694. The third kappa shape index (κ3) is 3.51. The van der Waals surface area contributed by atoms with Crippen LogP contribution in [-0.2, 0) is 6.54 Å². The summed E-state index contributed by atoms with van der Waals surface area (Å²) in [5.41, 5.74) is 1.73. The molecule has 1 amide bonds. The van der Waals surface area contributed by atoms with E-state index in [0.29, 0.717) is 24.2 Å². The summed E-state index contributed by atoms with van der Waals surface area (Å²) in [4.78, 5) is 14.7. The number of hydrogen-bond donors (Lipinski definition) is 1. The van der Waals surface area contributed by atoms with Gasteiger partial charge < -0.3 is 9.84 Å². The quantitative estimate of drug-likeness (QED) is 0.887. The topological polar surface area (TPSA) is 58.4 Å². The molecule has 2 fully saturated rings. The Labute approximate surface area is 142 Å². The fourth-order valence-corrected chi connectivity index (χ4v) is 3.41. The third-order valence-electron chi connectivity index (χ3n) is 4.97. The van der Waals surface area contributed by atoms with Gasteiger partial charge in [-0.3, -0.25) is 9.69 Å². The second kappa shape index (κ2) is 6.77. The minimum Gasteiger partial charge on any atom is -0.360 e. The Hall–Kier alpha value is -2.14. The van der Waals surface area contributed by atoms with Gasteiger partial charge in [0.25, 0.3) is 5.91 Å². The molecule has 4 rings (SSSR count). The summed E-state index contributed by atoms with van der Waals surface area (Å²) in [6.07, 6.45) is 4.60. The number of carbonyl (C=O) groups excluding carboxylic acids is 1. The third-order valence-corrected chi connectivity index (χ3v) is 4.97. The number of aromatic nitrogens is 1. The highest BCUT2D eigenvalue weighted by Crippen LogP contribution is 2.40. The number of amides is 1. The first-order chi connectivity index (χ1) is 11.8. The van der Waals surface area contributed by atoms with Crippen molar-refractivity contribution in [2.75, 3.05) is 13.1 Å². The van der Waals surface area contributed by atoms with Crippen LogP contribution in [0.4, 0.5) is 0 Å². The van der Waals surface area contributed by atoms with E-state index in [-0.39, 0.29) is 5.91 Å². The van der Waals surface area contributed by atoms with E-state index in [4.69, 9.17) is 4.52 Å². The lowest BCUT2D eigenvalue weighted by molar-refractivity contribution is 0.0930. The first-order valence-electron chi connectivity index (χ1n) is 8.82. The van der Waals surface area contributed by atoms with Crippen LogP contribution in [0.15, 0.2) is 40.9 Å². The van der Waals surface area contributed by atoms with Crippen LogP contribution in [0.25, 0.3) is 0 Å². The smallest absolute Gasteiger partial charge is 0.273 e. The van der Waals surface area contributed by atoms with Crippen molar-refractivity contribution < 1.29 is 9.32 Å². The fourth-order valence-electron chi connectivity index (χ4n) is 3.41. The number of nitrogens with zero attached hydrogens (tertiary/aromatic N) is 2. The van der Waals surface area contributed by atoms with Crippen molar-refractivity contribution in [1.29, 1.82) is 0 Å². The maximum absolute atomic E-state index is 12.3. The van der Waals surface area contributed by atoms with Gasteiger partial charge in [-0.15, -0.1) is 0 Å². The molecule has 2 heterocycles. The van der Waals surface area contributed by atoms with Gasteiger partial charge in [-0.25, -0.2) is 0 Å². The van der Waals surface area contributed by atoms with Gasteiger partial charge in [0.1, 0.15) is 5.76 Å². The number of rotatable bonds is 6. The highest BCUT2D eigenvalue weighted by atomic mass is 16.5. The normalized spacial score (nSPS) is 21.1. The second-order valence-corrected chi connectivity index (χ2v) is 6.85. The number of hydrogen-bond acceptors (Lipinski definition) is 4. The number of benzene rings is 1. The summed E-state index contributed by atoms with van der Waals surface area (Å²) in [6.45, 7) is 2.69. The van der Waals surface area contributed by atoms with Gasteiger partial charge in [0.15, 0.2) is 5.69 Å². The van der Waals surface area contributed by atoms with Crippen LogP contribution in [0, 0.1) is 0 Å². The van der Waals surface area contributed by atoms with Gasteiger partial charge in [-0.05, 0) is 37.8 Å². The second-order valence-electron chi connectivity index (χ2n) is 6.85. The fraction of sp³-hybridized carbons (Fsp3) is 0.474. The molecule has 2 aromatic rings. The molecule has 0 unspecified atom stereocenters. The zero-order valence-corrected chi connectivity index (χ0v) is 13.8. The summed E-state index contributed by atoms with van der Waals surface area (Å²) in [6, 6.07) is 12.7. The lowest BCUT2D eigenvalue weighted by atomic mass is 10.2. The van der Waals surface area contributed by atoms with E-state index in [1.54, 1.807) is 6.07 Å². The molecule has 0 spiro atoms. The Morgan fingerprint density at radius 2 is 2.08 bits per heavy atom. The standard InChI is InChI=1S/C19H23N3O2/c23-19(17-11-18(24-21-17)15-8-9-15)20-12-16-7-4-10-22(16)13-14-5-2-1-3-6-14/h1-3,5-6,11,15-16H,4,7-10,12-13H2,(H,20,23)/t16-/m0/s1. The lowest BCUT2D eigenvalue weighted by Crippen LogP contribution is -2.39. The van der Waals surface area contributed by atoms with Gasteiger partial charge in [-0.2, -0.15) is 0 Å². The van der Waals surface area contributed by atoms with Gasteiger partial charge >= 0.3 is 0 Å². The predicted octanol–water partition coefficient (Wildman–Crippen LogP) is 2.95. The Kier molecular flexibility index (Phi) is 4.34. The van der Waals surface area contributed by atoms with E-state index in [9.17, 15) is 4.79 Å². The molecule has 24 heavy (non-hydrogen) atoms. The largest absolute Gasteiger partial charge is 0.360 e. The predicted molar refractivity (Wildman–Crippen MR) is 90.7 cm³/mol. The van der Waals surface area contributed by atoms with E-state index in [1.165, 1.54) is 12.0 Å². The highest BCUT2D eigenvalue weighted by molar-refractivity contribution is 5.92. The summed E-state index contributed by atoms with van der Waals surface area (Å²) < 4.78 is 5.26. The summed E-state index contributed by atoms with van der Waals surface area (Å²) >= 11 is 0. The zero-order valence-electron chi connectivity index (χ0n) is 13.8. The number of carbonyl (C=O) groups is 1. The molecular formula is C19H23N3O2. The monoisotopic (exact) mass is 325 g/mol. The Morgan fingerprint density at radius 3 is 2.88 bits per heavy atom. The first-order valence-corrected chi connectivity index (χ1v) is 8.82. The minimum atomic E-state index is -0.128. The van der Waals surface area contributed by atoms with Crippen molar-refractivity contribution in [2.45, 2.75) is 44.2 Å². The van der Waals surface area contributed by atoms with Crippen LogP contribution in [0.1, 0.15) is 53.4 Å². The van der Waals surface area contributed by atoms with Crippen molar-refractivity contribution in [3.05, 3.63) is 53.4 Å². The van der Waals surface area contributed by atoms with Gasteiger partial charge in [0.2, 0.25) is 0 Å². The molecule has 5 heteroatoms. The maximum atomic E-state index is 12.3. The zero-order chi connectivity index (χ0) is 16.4.